The van der Waals surface area contributed by atoms with Crippen LogP contribution in [0.3, 0.4) is 0 Å². The van der Waals surface area contributed by atoms with Crippen molar-refractivity contribution in [3.8, 4) is 0 Å². The van der Waals surface area contributed by atoms with Crippen LogP contribution in [0.1, 0.15) is 23.0 Å². The molecule has 2 rings (SSSR count). The highest BCUT2D eigenvalue weighted by Gasteiger charge is 2.31. The summed E-state index contributed by atoms with van der Waals surface area (Å²) in [5.41, 5.74) is -0.353. The normalized spacial score (nSPS) is 11.7. The number of fused-ring (bicyclic) bond motifs is 1. The Morgan fingerprint density at radius 3 is 2.55 bits per heavy atom. The molecule has 0 unspecified atom stereocenters. The van der Waals surface area contributed by atoms with Crippen LogP contribution >= 0.6 is 0 Å². The second-order valence-corrected chi connectivity index (χ2v) is 4.99. The number of hydrogen-bond donors (Lipinski definition) is 1. The lowest BCUT2D eigenvalue weighted by Crippen LogP contribution is -2.35. The molecule has 1 amide bonds. The zero-order valence-corrected chi connectivity index (χ0v) is 12.1. The van der Waals surface area contributed by atoms with E-state index in [1.54, 1.807) is 26.0 Å². The maximum Gasteiger partial charge on any atom is 0.406 e. The van der Waals surface area contributed by atoms with Crippen molar-refractivity contribution in [3.63, 3.8) is 0 Å². The first-order valence-electron chi connectivity index (χ1n) is 6.72. The van der Waals surface area contributed by atoms with Gasteiger partial charge in [0.15, 0.2) is 0 Å². The number of aryl methyl sites for hydroxylation is 1. The van der Waals surface area contributed by atoms with E-state index in [0.29, 0.717) is 9.95 Å². The van der Waals surface area contributed by atoms with Crippen molar-refractivity contribution in [2.75, 3.05) is 6.54 Å². The van der Waals surface area contributed by atoms with E-state index in [9.17, 15) is 22.8 Å². The minimum absolute atomic E-state index is 0.164. The number of carbonyl (C=O) groups excluding carboxylic acids is 1. The lowest BCUT2D eigenvalue weighted by Gasteiger charge is -2.16. The molecule has 0 aliphatic rings. The van der Waals surface area contributed by atoms with Gasteiger partial charge in [-0.2, -0.15) is 13.2 Å². The Kier molecular flexibility index (Phi) is 4.25. The van der Waals surface area contributed by atoms with Crippen LogP contribution in [0.2, 0.25) is 0 Å². The van der Waals surface area contributed by atoms with Crippen molar-refractivity contribution >= 4 is 16.7 Å². The molecule has 0 aliphatic carbocycles. The number of benzene rings is 1. The highest BCUT2D eigenvalue weighted by atomic mass is 19.4. The largest absolute Gasteiger partial charge is 0.406 e. The van der Waals surface area contributed by atoms with Gasteiger partial charge in [0.2, 0.25) is 0 Å². The summed E-state index contributed by atoms with van der Waals surface area (Å²) in [7, 11) is 0. The van der Waals surface area contributed by atoms with Crippen molar-refractivity contribution in [1.82, 2.24) is 9.88 Å². The molecule has 7 heteroatoms. The predicted octanol–water partition coefficient (Wildman–Crippen LogP) is 2.62. The van der Waals surface area contributed by atoms with Gasteiger partial charge in [-0.3, -0.25) is 14.2 Å². The number of alkyl halides is 3. The Morgan fingerprint density at radius 1 is 1.27 bits per heavy atom. The van der Waals surface area contributed by atoms with Gasteiger partial charge in [0.05, 0.1) is 0 Å². The molecule has 0 fully saturated rings. The van der Waals surface area contributed by atoms with E-state index in [1.165, 1.54) is 12.1 Å². The van der Waals surface area contributed by atoms with Crippen molar-refractivity contribution < 1.29 is 18.0 Å². The first kappa shape index (κ1) is 16.1. The van der Waals surface area contributed by atoms with E-state index in [-0.39, 0.29) is 17.6 Å². The molecule has 4 nitrogen and oxygen atoms in total. The maximum atomic E-state index is 12.7. The Morgan fingerprint density at radius 2 is 1.95 bits per heavy atom. The number of hydrogen-bond acceptors (Lipinski definition) is 2. The van der Waals surface area contributed by atoms with Gasteiger partial charge < -0.3 is 5.32 Å². The number of pyridine rings is 1. The molecular formula is C15H15F3N2O2. The summed E-state index contributed by atoms with van der Waals surface area (Å²) in [6.45, 7) is 2.15. The number of amides is 1. The lowest BCUT2D eigenvalue weighted by atomic mass is 10.1. The molecule has 1 aromatic carbocycles. The van der Waals surface area contributed by atoms with Gasteiger partial charge in [-0.25, -0.2) is 0 Å². The van der Waals surface area contributed by atoms with Crippen molar-refractivity contribution in [2.45, 2.75) is 26.6 Å². The molecular weight excluding hydrogens is 297 g/mol. The third-order valence-electron chi connectivity index (χ3n) is 3.17. The van der Waals surface area contributed by atoms with Crippen molar-refractivity contribution in [2.24, 2.45) is 0 Å². The molecule has 1 aromatic heterocycles. The molecule has 0 saturated heterocycles. The maximum absolute atomic E-state index is 12.7. The van der Waals surface area contributed by atoms with E-state index in [1.807, 2.05) is 0 Å². The first-order valence-corrected chi connectivity index (χ1v) is 6.72. The summed E-state index contributed by atoms with van der Waals surface area (Å²) < 4.78 is 38.7. The molecule has 0 saturated carbocycles. The lowest BCUT2D eigenvalue weighted by molar-refractivity contribution is -0.141. The van der Waals surface area contributed by atoms with Gasteiger partial charge in [0.1, 0.15) is 12.2 Å². The zero-order chi connectivity index (χ0) is 16.5. The van der Waals surface area contributed by atoms with Gasteiger partial charge in [-0.1, -0.05) is 17.7 Å². The number of carbonyl (C=O) groups is 1. The monoisotopic (exact) mass is 312 g/mol. The summed E-state index contributed by atoms with van der Waals surface area (Å²) in [6.07, 6.45) is -4.59. The SMILES string of the molecule is CCNC(=O)c1cc2ccc(C)cc2c(=O)n1CC(F)(F)F. The first-order chi connectivity index (χ1) is 10.2. The smallest absolute Gasteiger partial charge is 0.351 e. The Bertz CT molecular complexity index is 779. The fourth-order valence-electron chi connectivity index (χ4n) is 2.24. The van der Waals surface area contributed by atoms with Crippen molar-refractivity contribution in [3.05, 3.63) is 45.9 Å². The predicted molar refractivity (Wildman–Crippen MR) is 77.0 cm³/mol. The van der Waals surface area contributed by atoms with E-state index < -0.39 is 24.2 Å². The summed E-state index contributed by atoms with van der Waals surface area (Å²) >= 11 is 0. The Balaban J connectivity index is 2.75. The van der Waals surface area contributed by atoms with Crippen LogP contribution in [0.15, 0.2) is 29.1 Å². The summed E-state index contributed by atoms with van der Waals surface area (Å²) in [4.78, 5) is 24.3. The van der Waals surface area contributed by atoms with Gasteiger partial charge in [0, 0.05) is 11.9 Å². The van der Waals surface area contributed by atoms with E-state index >= 15 is 0 Å². The van der Waals surface area contributed by atoms with Gasteiger partial charge in [0.25, 0.3) is 11.5 Å². The zero-order valence-electron chi connectivity index (χ0n) is 12.1. The average Bonchev–Trinajstić information content (AvgIpc) is 2.41. The molecule has 0 aliphatic heterocycles. The second kappa shape index (κ2) is 5.82. The molecule has 1 N–H and O–H groups in total. The minimum atomic E-state index is -4.59. The minimum Gasteiger partial charge on any atom is -0.351 e. The van der Waals surface area contributed by atoms with Crippen LogP contribution in [0.5, 0.6) is 0 Å². The Labute approximate surface area is 124 Å². The highest BCUT2D eigenvalue weighted by molar-refractivity contribution is 5.96. The quantitative estimate of drug-likeness (QED) is 0.947. The van der Waals surface area contributed by atoms with Gasteiger partial charge >= 0.3 is 6.18 Å². The van der Waals surface area contributed by atoms with Gasteiger partial charge in [-0.15, -0.1) is 0 Å². The third kappa shape index (κ3) is 3.29. The number of rotatable bonds is 3. The molecule has 0 bridgehead atoms. The Hall–Kier alpha value is -2.31. The molecule has 1 heterocycles. The van der Waals surface area contributed by atoms with Crippen LogP contribution < -0.4 is 10.9 Å². The van der Waals surface area contributed by atoms with E-state index in [4.69, 9.17) is 0 Å². The molecule has 118 valence electrons. The average molecular weight is 312 g/mol. The van der Waals surface area contributed by atoms with Crippen LogP contribution in [0.25, 0.3) is 10.8 Å². The fraction of sp³-hybridized carbons (Fsp3) is 0.333. The molecule has 22 heavy (non-hydrogen) atoms. The number of nitrogens with one attached hydrogen (secondary N) is 1. The van der Waals surface area contributed by atoms with E-state index in [0.717, 1.165) is 5.56 Å². The summed E-state index contributed by atoms with van der Waals surface area (Å²) in [5, 5.41) is 3.03. The third-order valence-corrected chi connectivity index (χ3v) is 3.17. The molecule has 0 radical (unpaired) electrons. The number of aromatic nitrogens is 1. The molecule has 0 atom stereocenters. The van der Waals surface area contributed by atoms with Crippen molar-refractivity contribution in [1.29, 1.82) is 0 Å². The van der Waals surface area contributed by atoms with Gasteiger partial charge in [-0.05, 0) is 31.4 Å². The summed E-state index contributed by atoms with van der Waals surface area (Å²) in [6, 6.07) is 6.18. The second-order valence-electron chi connectivity index (χ2n) is 4.99. The van der Waals surface area contributed by atoms with Crippen LogP contribution in [-0.2, 0) is 6.54 Å². The number of nitrogens with zero attached hydrogens (tertiary/aromatic N) is 1. The summed E-state index contributed by atoms with van der Waals surface area (Å²) in [5.74, 6) is -0.702. The molecule has 0 spiro atoms. The van der Waals surface area contributed by atoms with E-state index in [2.05, 4.69) is 5.32 Å². The fourth-order valence-corrected chi connectivity index (χ4v) is 2.24. The standard InChI is InChI=1S/C15H15F3N2O2/c1-3-19-13(21)12-7-10-5-4-9(2)6-11(10)14(22)20(12)8-15(16,17)18/h4-7H,3,8H2,1-2H3,(H,19,21). The molecule has 2 aromatic rings. The van der Waals surface area contributed by atoms with Crippen LogP contribution in [0.4, 0.5) is 13.2 Å². The van der Waals surface area contributed by atoms with Crippen LogP contribution in [-0.4, -0.2) is 23.2 Å². The van der Waals surface area contributed by atoms with Crippen LogP contribution in [0, 0.1) is 6.92 Å². The number of halogens is 3. The topological polar surface area (TPSA) is 51.1 Å². The highest BCUT2D eigenvalue weighted by Crippen LogP contribution is 2.20.